The lowest BCUT2D eigenvalue weighted by molar-refractivity contribution is -0.137. The second-order valence-electron chi connectivity index (χ2n) is 3.67. The fraction of sp³-hybridized carbons (Fsp3) is 0.455. The molecular weight excluding hydrogens is 318 g/mol. The zero-order chi connectivity index (χ0) is 12.3. The Morgan fingerprint density at radius 3 is 2.35 bits per heavy atom. The van der Waals surface area contributed by atoms with Crippen molar-refractivity contribution in [2.24, 2.45) is 5.73 Å². The third-order valence-electron chi connectivity index (χ3n) is 2.28. The van der Waals surface area contributed by atoms with Crippen LogP contribution < -0.4 is 5.73 Å². The van der Waals surface area contributed by atoms with Crippen molar-refractivity contribution < 1.29 is 13.2 Å². The number of rotatable bonds is 3. The zero-order valence-electron chi connectivity index (χ0n) is 9.22. The first kappa shape index (κ1) is 16.7. The van der Waals surface area contributed by atoms with Gasteiger partial charge in [-0.1, -0.05) is 29.3 Å². The number of benzene rings is 1. The van der Waals surface area contributed by atoms with E-state index in [9.17, 15) is 13.2 Å². The Morgan fingerprint density at radius 2 is 1.88 bits per heavy atom. The summed E-state index contributed by atoms with van der Waals surface area (Å²) in [4.78, 5) is 0. The van der Waals surface area contributed by atoms with E-state index >= 15 is 0 Å². The van der Waals surface area contributed by atoms with Crippen molar-refractivity contribution in [3.05, 3.63) is 33.8 Å². The maximum Gasteiger partial charge on any atom is 0.416 e. The number of alkyl halides is 3. The predicted octanol–water partition coefficient (Wildman–Crippen LogP) is 4.69. The molecule has 0 amide bonds. The van der Waals surface area contributed by atoms with E-state index in [2.05, 4.69) is 15.9 Å². The van der Waals surface area contributed by atoms with E-state index in [0.29, 0.717) is 16.5 Å². The molecule has 0 fully saturated rings. The lowest BCUT2D eigenvalue weighted by Gasteiger charge is -2.14. The maximum absolute atomic E-state index is 12.5. The van der Waals surface area contributed by atoms with E-state index in [1.807, 2.05) is 6.92 Å². The summed E-state index contributed by atoms with van der Waals surface area (Å²) in [7, 11) is 0. The highest BCUT2D eigenvalue weighted by Gasteiger charge is 2.31. The van der Waals surface area contributed by atoms with Crippen molar-refractivity contribution in [1.29, 1.82) is 0 Å². The van der Waals surface area contributed by atoms with Gasteiger partial charge in [0.2, 0.25) is 0 Å². The molecule has 0 aromatic heterocycles. The van der Waals surface area contributed by atoms with Gasteiger partial charge in [0.1, 0.15) is 0 Å². The Hall–Kier alpha value is -0.260. The Bertz CT molecular complexity index is 368. The summed E-state index contributed by atoms with van der Waals surface area (Å²) in [5.74, 6) is 0. The van der Waals surface area contributed by atoms with E-state index in [-0.39, 0.29) is 18.4 Å². The van der Waals surface area contributed by atoms with Gasteiger partial charge >= 0.3 is 6.18 Å². The van der Waals surface area contributed by atoms with Crippen molar-refractivity contribution >= 4 is 28.3 Å². The smallest absolute Gasteiger partial charge is 0.324 e. The highest BCUT2D eigenvalue weighted by molar-refractivity contribution is 9.10. The monoisotopic (exact) mass is 331 g/mol. The molecule has 6 heteroatoms. The molecule has 0 saturated carbocycles. The van der Waals surface area contributed by atoms with Crippen molar-refractivity contribution in [3.63, 3.8) is 0 Å². The van der Waals surface area contributed by atoms with Crippen LogP contribution in [0.5, 0.6) is 0 Å². The average Bonchev–Trinajstić information content (AvgIpc) is 2.16. The molecule has 0 unspecified atom stereocenters. The molecule has 2 N–H and O–H groups in total. The highest BCUT2D eigenvalue weighted by atomic mass is 79.9. The summed E-state index contributed by atoms with van der Waals surface area (Å²) < 4.78 is 38.0. The molecule has 0 aliphatic heterocycles. The van der Waals surface area contributed by atoms with Gasteiger partial charge in [-0.15, -0.1) is 12.4 Å². The van der Waals surface area contributed by atoms with Crippen LogP contribution in [0.25, 0.3) is 0 Å². The fourth-order valence-electron chi connectivity index (χ4n) is 1.47. The molecule has 1 atom stereocenters. The second-order valence-corrected chi connectivity index (χ2v) is 4.58. The van der Waals surface area contributed by atoms with Crippen LogP contribution in [0.2, 0.25) is 0 Å². The van der Waals surface area contributed by atoms with Crippen molar-refractivity contribution in [2.75, 3.05) is 0 Å². The van der Waals surface area contributed by atoms with Gasteiger partial charge in [-0.2, -0.15) is 13.2 Å². The minimum atomic E-state index is -4.33. The quantitative estimate of drug-likeness (QED) is 0.854. The zero-order valence-corrected chi connectivity index (χ0v) is 11.6. The molecule has 98 valence electrons. The van der Waals surface area contributed by atoms with Gasteiger partial charge in [-0.05, 0) is 30.2 Å². The Morgan fingerprint density at radius 1 is 1.29 bits per heavy atom. The minimum absolute atomic E-state index is 0. The first-order chi connectivity index (χ1) is 7.34. The van der Waals surface area contributed by atoms with Crippen LogP contribution in [-0.2, 0) is 6.18 Å². The van der Waals surface area contributed by atoms with Crippen LogP contribution in [0.4, 0.5) is 13.2 Å². The third-order valence-corrected chi connectivity index (χ3v) is 2.73. The Balaban J connectivity index is 0.00000256. The van der Waals surface area contributed by atoms with Gasteiger partial charge in [-0.25, -0.2) is 0 Å². The van der Waals surface area contributed by atoms with Gasteiger partial charge in [0.25, 0.3) is 0 Å². The van der Waals surface area contributed by atoms with Gasteiger partial charge in [-0.3, -0.25) is 0 Å². The Labute approximate surface area is 113 Å². The molecule has 0 aliphatic carbocycles. The van der Waals surface area contributed by atoms with Crippen LogP contribution in [-0.4, -0.2) is 0 Å². The van der Waals surface area contributed by atoms with Crippen molar-refractivity contribution in [3.8, 4) is 0 Å². The maximum atomic E-state index is 12.5. The molecule has 1 nitrogen and oxygen atoms in total. The summed E-state index contributed by atoms with van der Waals surface area (Å²) in [6, 6.07) is 3.46. The molecule has 0 saturated heterocycles. The highest BCUT2D eigenvalue weighted by Crippen LogP contribution is 2.33. The second kappa shape index (κ2) is 6.61. The lowest BCUT2D eigenvalue weighted by atomic mass is 10.0. The largest absolute Gasteiger partial charge is 0.416 e. The van der Waals surface area contributed by atoms with Gasteiger partial charge in [0, 0.05) is 10.5 Å². The SMILES string of the molecule is CCC[C@@H](N)c1cc(Br)cc(C(F)(F)F)c1.Cl. The third kappa shape index (κ3) is 4.85. The summed E-state index contributed by atoms with van der Waals surface area (Å²) in [6.45, 7) is 1.95. The van der Waals surface area contributed by atoms with E-state index < -0.39 is 11.7 Å². The topological polar surface area (TPSA) is 26.0 Å². The van der Waals surface area contributed by atoms with E-state index in [4.69, 9.17) is 5.73 Å². The van der Waals surface area contributed by atoms with Gasteiger partial charge < -0.3 is 5.73 Å². The molecule has 1 aromatic rings. The molecule has 17 heavy (non-hydrogen) atoms. The molecule has 1 rings (SSSR count). The average molecular weight is 333 g/mol. The molecule has 0 heterocycles. The van der Waals surface area contributed by atoms with Crippen LogP contribution in [0, 0.1) is 0 Å². The Kier molecular flexibility index (Phi) is 6.51. The fourth-order valence-corrected chi connectivity index (χ4v) is 1.98. The lowest BCUT2D eigenvalue weighted by Crippen LogP contribution is -2.12. The molecule has 1 aromatic carbocycles. The van der Waals surface area contributed by atoms with Crippen molar-refractivity contribution in [2.45, 2.75) is 32.0 Å². The summed E-state index contributed by atoms with van der Waals surface area (Å²) in [5, 5.41) is 0. The van der Waals surface area contributed by atoms with Crippen LogP contribution in [0.1, 0.15) is 36.9 Å². The number of halogens is 5. The molecule has 0 spiro atoms. The number of hydrogen-bond acceptors (Lipinski definition) is 1. The number of nitrogens with two attached hydrogens (primary N) is 1. The summed E-state index contributed by atoms with van der Waals surface area (Å²) in [6.07, 6.45) is -2.81. The van der Waals surface area contributed by atoms with E-state index in [1.54, 1.807) is 6.07 Å². The summed E-state index contributed by atoms with van der Waals surface area (Å²) in [5.41, 5.74) is 5.65. The normalized spacial score (nSPS) is 13.1. The standard InChI is InChI=1S/C11H13BrF3N.ClH/c1-2-3-10(16)7-4-8(11(13,14)15)6-9(12)5-7;/h4-6,10H,2-3,16H2,1H3;1H/t10-;/m1./s1. The molecular formula is C11H14BrClF3N. The molecule has 0 radical (unpaired) electrons. The predicted molar refractivity (Wildman–Crippen MR) is 68.2 cm³/mol. The van der Waals surface area contributed by atoms with Crippen LogP contribution in [0.3, 0.4) is 0 Å². The first-order valence-corrected chi connectivity index (χ1v) is 5.77. The molecule has 0 aliphatic rings. The minimum Gasteiger partial charge on any atom is -0.324 e. The summed E-state index contributed by atoms with van der Waals surface area (Å²) >= 11 is 3.07. The van der Waals surface area contributed by atoms with Gasteiger partial charge in [0.05, 0.1) is 5.56 Å². The van der Waals surface area contributed by atoms with Crippen molar-refractivity contribution in [1.82, 2.24) is 0 Å². The first-order valence-electron chi connectivity index (χ1n) is 4.98. The van der Waals surface area contributed by atoms with Crippen LogP contribution in [0.15, 0.2) is 22.7 Å². The number of hydrogen-bond donors (Lipinski definition) is 1. The van der Waals surface area contributed by atoms with E-state index in [1.165, 1.54) is 0 Å². The van der Waals surface area contributed by atoms with Crippen LogP contribution >= 0.6 is 28.3 Å². The molecule has 0 bridgehead atoms. The van der Waals surface area contributed by atoms with Gasteiger partial charge in [0.15, 0.2) is 0 Å². The van der Waals surface area contributed by atoms with E-state index in [0.717, 1.165) is 18.6 Å².